The lowest BCUT2D eigenvalue weighted by atomic mass is 10.0. The van der Waals surface area contributed by atoms with Gasteiger partial charge in [0.2, 0.25) is 6.54 Å². The van der Waals surface area contributed by atoms with Gasteiger partial charge in [-0.15, -0.1) is 0 Å². The van der Waals surface area contributed by atoms with E-state index < -0.39 is 0 Å². The molecule has 5 nitrogen and oxygen atoms in total. The number of anilines is 1. The third-order valence-electron chi connectivity index (χ3n) is 3.89. The molecule has 0 atom stereocenters. The minimum absolute atomic E-state index is 0.0700. The van der Waals surface area contributed by atoms with Crippen molar-refractivity contribution in [2.75, 3.05) is 5.32 Å². The van der Waals surface area contributed by atoms with E-state index in [2.05, 4.69) is 5.32 Å². The molecule has 3 aromatic rings. The quantitative estimate of drug-likeness (QED) is 0.548. The van der Waals surface area contributed by atoms with Crippen LogP contribution in [0.15, 0.2) is 73.1 Å². The number of halogens is 1. The summed E-state index contributed by atoms with van der Waals surface area (Å²) in [5.41, 5.74) is 2.03. The first kappa shape index (κ1) is 18.3. The van der Waals surface area contributed by atoms with Gasteiger partial charge >= 0.3 is 0 Å². The van der Waals surface area contributed by atoms with E-state index in [1.54, 1.807) is 53.4 Å². The second-order valence-electron chi connectivity index (χ2n) is 5.81. The zero-order chi connectivity index (χ0) is 19.2. The van der Waals surface area contributed by atoms with Crippen molar-refractivity contribution in [2.24, 2.45) is 0 Å². The van der Waals surface area contributed by atoms with Crippen LogP contribution < -0.4 is 9.88 Å². The first-order chi connectivity index (χ1) is 13.1. The number of nitrogens with zero attached hydrogens (tertiary/aromatic N) is 2. The molecule has 6 heteroatoms. The van der Waals surface area contributed by atoms with E-state index in [0.29, 0.717) is 22.4 Å². The predicted molar refractivity (Wildman–Crippen MR) is 101 cm³/mol. The Labute approximate surface area is 161 Å². The summed E-state index contributed by atoms with van der Waals surface area (Å²) in [6.45, 7) is 0.0808. The minimum Gasteiger partial charge on any atom is -0.321 e. The second kappa shape index (κ2) is 8.26. The van der Waals surface area contributed by atoms with E-state index in [9.17, 15) is 9.59 Å². The number of carbonyl (C=O) groups excluding carboxylic acids is 2. The molecule has 0 fully saturated rings. The molecule has 0 unspecified atom stereocenters. The van der Waals surface area contributed by atoms with Crippen LogP contribution in [0, 0.1) is 11.3 Å². The number of aromatic nitrogens is 1. The summed E-state index contributed by atoms with van der Waals surface area (Å²) in [5, 5.41) is 11.9. The van der Waals surface area contributed by atoms with Gasteiger partial charge in [0.05, 0.1) is 10.6 Å². The number of ketones is 1. The first-order valence-corrected chi connectivity index (χ1v) is 8.53. The highest BCUT2D eigenvalue weighted by Gasteiger charge is 2.13. The van der Waals surface area contributed by atoms with Gasteiger partial charge in [-0.3, -0.25) is 9.59 Å². The van der Waals surface area contributed by atoms with Crippen molar-refractivity contribution in [2.45, 2.75) is 6.54 Å². The summed E-state index contributed by atoms with van der Waals surface area (Å²) >= 11 is 5.96. The Kier molecular flexibility index (Phi) is 5.60. The van der Waals surface area contributed by atoms with Gasteiger partial charge in [-0.2, -0.15) is 9.83 Å². The van der Waals surface area contributed by atoms with Gasteiger partial charge in [0.1, 0.15) is 6.07 Å². The molecule has 1 amide bonds. The average molecular weight is 377 g/mol. The maximum absolute atomic E-state index is 12.4. The Balaban J connectivity index is 1.64. The zero-order valence-corrected chi connectivity index (χ0v) is 15.0. The summed E-state index contributed by atoms with van der Waals surface area (Å²) in [6, 6.07) is 19.0. The van der Waals surface area contributed by atoms with E-state index in [1.807, 2.05) is 24.3 Å². The fourth-order valence-electron chi connectivity index (χ4n) is 2.52. The average Bonchev–Trinajstić information content (AvgIpc) is 2.69. The monoisotopic (exact) mass is 376 g/mol. The fourth-order valence-corrected chi connectivity index (χ4v) is 2.74. The summed E-state index contributed by atoms with van der Waals surface area (Å²) in [4.78, 5) is 24.6. The summed E-state index contributed by atoms with van der Waals surface area (Å²) in [5.74, 6) is -0.317. The number of amides is 1. The molecular formula is C21H15ClN3O2+. The van der Waals surface area contributed by atoms with Crippen LogP contribution in [0.3, 0.4) is 0 Å². The molecular weight excluding hydrogens is 362 g/mol. The number of rotatable bonds is 5. The highest BCUT2D eigenvalue weighted by Crippen LogP contribution is 2.20. The Hall–Kier alpha value is -3.49. The minimum atomic E-state index is -0.247. The summed E-state index contributed by atoms with van der Waals surface area (Å²) < 4.78 is 1.67. The van der Waals surface area contributed by atoms with Crippen molar-refractivity contribution in [3.8, 4) is 6.07 Å². The van der Waals surface area contributed by atoms with Gasteiger partial charge in [-0.25, -0.2) is 0 Å². The Morgan fingerprint density at radius 2 is 1.67 bits per heavy atom. The van der Waals surface area contributed by atoms with Crippen LogP contribution in [-0.2, 0) is 11.3 Å². The molecule has 1 aromatic heterocycles. The van der Waals surface area contributed by atoms with Crippen molar-refractivity contribution >= 4 is 29.0 Å². The molecule has 0 saturated heterocycles. The number of carbonyl (C=O) groups is 2. The van der Waals surface area contributed by atoms with Crippen LogP contribution in [0.2, 0.25) is 5.02 Å². The van der Waals surface area contributed by atoms with Crippen molar-refractivity contribution < 1.29 is 14.2 Å². The first-order valence-electron chi connectivity index (χ1n) is 8.15. The SMILES string of the molecule is N#Cc1ccc(NC(=O)C[n+]2ccc(C(=O)c3ccccc3)cc2)cc1Cl. The van der Waals surface area contributed by atoms with Crippen molar-refractivity contribution in [3.05, 3.63) is 94.8 Å². The van der Waals surface area contributed by atoms with E-state index in [0.717, 1.165) is 0 Å². The Morgan fingerprint density at radius 3 is 2.30 bits per heavy atom. The third-order valence-corrected chi connectivity index (χ3v) is 4.20. The van der Waals surface area contributed by atoms with Crippen molar-refractivity contribution in [3.63, 3.8) is 0 Å². The molecule has 0 radical (unpaired) electrons. The van der Waals surface area contributed by atoms with E-state index >= 15 is 0 Å². The van der Waals surface area contributed by atoms with Crippen molar-refractivity contribution in [1.29, 1.82) is 5.26 Å². The molecule has 1 heterocycles. The van der Waals surface area contributed by atoms with E-state index in [4.69, 9.17) is 16.9 Å². The maximum atomic E-state index is 12.4. The number of pyridine rings is 1. The van der Waals surface area contributed by atoms with Crippen LogP contribution in [0.5, 0.6) is 0 Å². The molecule has 0 saturated carbocycles. The fraction of sp³-hybridized carbons (Fsp3) is 0.0476. The van der Waals surface area contributed by atoms with Gasteiger partial charge in [0.15, 0.2) is 18.2 Å². The van der Waals surface area contributed by atoms with E-state index in [1.165, 1.54) is 6.07 Å². The highest BCUT2D eigenvalue weighted by atomic mass is 35.5. The Bertz CT molecular complexity index is 1030. The van der Waals surface area contributed by atoms with Gasteiger partial charge in [-0.05, 0) is 18.2 Å². The normalized spacial score (nSPS) is 10.1. The maximum Gasteiger partial charge on any atom is 0.290 e. The molecule has 1 N–H and O–H groups in total. The molecule has 0 aliphatic carbocycles. The number of hydrogen-bond acceptors (Lipinski definition) is 3. The van der Waals surface area contributed by atoms with Crippen LogP contribution in [0.25, 0.3) is 0 Å². The topological polar surface area (TPSA) is 73.8 Å². The number of hydrogen-bond donors (Lipinski definition) is 1. The summed E-state index contributed by atoms with van der Waals surface area (Å²) in [7, 11) is 0. The highest BCUT2D eigenvalue weighted by molar-refractivity contribution is 6.32. The standard InChI is InChI=1S/C21H14ClN3O2/c22-19-12-18(7-6-17(19)13-23)24-20(26)14-25-10-8-16(9-11-25)21(27)15-4-2-1-3-5-15/h1-12H,14H2/p+1. The molecule has 27 heavy (non-hydrogen) atoms. The zero-order valence-electron chi connectivity index (χ0n) is 14.2. The predicted octanol–water partition coefficient (Wildman–Crippen LogP) is 3.37. The molecule has 0 aliphatic heterocycles. The number of benzene rings is 2. The third kappa shape index (κ3) is 4.57. The second-order valence-corrected chi connectivity index (χ2v) is 6.22. The summed E-state index contributed by atoms with van der Waals surface area (Å²) in [6.07, 6.45) is 3.36. The molecule has 2 aromatic carbocycles. The van der Waals surface area contributed by atoms with Crippen LogP contribution in [-0.4, -0.2) is 11.7 Å². The molecule has 0 bridgehead atoms. The van der Waals surface area contributed by atoms with Crippen LogP contribution >= 0.6 is 11.6 Å². The molecule has 132 valence electrons. The lowest BCUT2D eigenvalue weighted by molar-refractivity contribution is -0.684. The number of nitrogens with one attached hydrogen (secondary N) is 1. The van der Waals surface area contributed by atoms with Gasteiger partial charge in [0.25, 0.3) is 5.91 Å². The lowest BCUT2D eigenvalue weighted by Gasteiger charge is -2.05. The Morgan fingerprint density at radius 1 is 1.00 bits per heavy atom. The van der Waals surface area contributed by atoms with Crippen LogP contribution in [0.1, 0.15) is 21.5 Å². The molecule has 0 spiro atoms. The molecule has 0 aliphatic rings. The van der Waals surface area contributed by atoms with Gasteiger partial charge in [0, 0.05) is 28.9 Å². The lowest BCUT2D eigenvalue weighted by Crippen LogP contribution is -2.39. The van der Waals surface area contributed by atoms with Crippen LogP contribution in [0.4, 0.5) is 5.69 Å². The van der Waals surface area contributed by atoms with Gasteiger partial charge < -0.3 is 5.32 Å². The molecule has 3 rings (SSSR count). The van der Waals surface area contributed by atoms with E-state index in [-0.39, 0.29) is 23.3 Å². The van der Waals surface area contributed by atoms with Gasteiger partial charge in [-0.1, -0.05) is 41.9 Å². The smallest absolute Gasteiger partial charge is 0.290 e. The number of nitriles is 1. The largest absolute Gasteiger partial charge is 0.321 e. The van der Waals surface area contributed by atoms with Crippen molar-refractivity contribution in [1.82, 2.24) is 0 Å².